The predicted molar refractivity (Wildman–Crippen MR) is 98.0 cm³/mol. The van der Waals surface area contributed by atoms with E-state index in [0.29, 0.717) is 17.5 Å². The third-order valence-electron chi connectivity index (χ3n) is 4.29. The average Bonchev–Trinajstić information content (AvgIpc) is 2.94. The molecule has 0 unspecified atom stereocenters. The van der Waals surface area contributed by atoms with E-state index >= 15 is 0 Å². The number of hydrogen-bond donors (Lipinski definition) is 1. The van der Waals surface area contributed by atoms with Crippen molar-refractivity contribution in [1.82, 2.24) is 19.7 Å². The molecule has 7 nitrogen and oxygen atoms in total. The van der Waals surface area contributed by atoms with Gasteiger partial charge in [-0.1, -0.05) is 6.92 Å². The van der Waals surface area contributed by atoms with Gasteiger partial charge >= 0.3 is 0 Å². The molecule has 0 radical (unpaired) electrons. The summed E-state index contributed by atoms with van der Waals surface area (Å²) < 4.78 is 1.83. The first-order valence-corrected chi connectivity index (χ1v) is 9.03. The van der Waals surface area contributed by atoms with Crippen molar-refractivity contribution in [1.29, 1.82) is 0 Å². The lowest BCUT2D eigenvalue weighted by Gasteiger charge is -2.27. The fourth-order valence-corrected chi connectivity index (χ4v) is 3.11. The van der Waals surface area contributed by atoms with Crippen LogP contribution in [0.2, 0.25) is 0 Å². The fourth-order valence-electron chi connectivity index (χ4n) is 3.11. The number of amides is 1. The Kier molecular flexibility index (Phi) is 5.31. The van der Waals surface area contributed by atoms with Gasteiger partial charge in [0.25, 0.3) is 5.91 Å². The Morgan fingerprint density at radius 1 is 1.12 bits per heavy atom. The minimum Gasteiger partial charge on any atom is -0.341 e. The molecule has 1 fully saturated rings. The summed E-state index contributed by atoms with van der Waals surface area (Å²) in [6.07, 6.45) is 4.49. The lowest BCUT2D eigenvalue weighted by Crippen LogP contribution is -2.32. The summed E-state index contributed by atoms with van der Waals surface area (Å²) in [7, 11) is 0. The summed E-state index contributed by atoms with van der Waals surface area (Å²) in [4.78, 5) is 23.9. The van der Waals surface area contributed by atoms with E-state index in [1.807, 2.05) is 24.6 Å². The van der Waals surface area contributed by atoms with Crippen LogP contribution >= 0.6 is 0 Å². The van der Waals surface area contributed by atoms with Crippen molar-refractivity contribution in [2.45, 2.75) is 53.0 Å². The van der Waals surface area contributed by atoms with Crippen LogP contribution in [0.5, 0.6) is 0 Å². The smallest absolute Gasteiger partial charge is 0.275 e. The summed E-state index contributed by atoms with van der Waals surface area (Å²) in [6.45, 7) is 8.58. The summed E-state index contributed by atoms with van der Waals surface area (Å²) in [6, 6.07) is 3.61. The largest absolute Gasteiger partial charge is 0.341 e. The van der Waals surface area contributed by atoms with Crippen molar-refractivity contribution in [3.8, 4) is 0 Å². The highest BCUT2D eigenvalue weighted by Crippen LogP contribution is 2.18. The van der Waals surface area contributed by atoms with Crippen LogP contribution in [0.25, 0.3) is 0 Å². The fraction of sp³-hybridized carbons (Fsp3) is 0.556. The van der Waals surface area contributed by atoms with Gasteiger partial charge in [0.05, 0.1) is 5.69 Å². The Hall–Kier alpha value is -2.44. The van der Waals surface area contributed by atoms with E-state index in [1.54, 1.807) is 6.07 Å². The maximum absolute atomic E-state index is 12.7. The number of piperidine rings is 1. The number of aryl methyl sites for hydroxylation is 3. The van der Waals surface area contributed by atoms with Gasteiger partial charge < -0.3 is 10.2 Å². The molecule has 7 heteroatoms. The van der Waals surface area contributed by atoms with Crippen LogP contribution < -0.4 is 10.2 Å². The Labute approximate surface area is 148 Å². The van der Waals surface area contributed by atoms with Gasteiger partial charge in [-0.25, -0.2) is 14.6 Å². The third-order valence-corrected chi connectivity index (χ3v) is 4.29. The Balaban J connectivity index is 1.81. The normalized spacial score (nSPS) is 14.6. The lowest BCUT2D eigenvalue weighted by atomic mass is 10.1. The number of rotatable bonds is 5. The highest BCUT2D eigenvalue weighted by molar-refractivity contribution is 6.02. The van der Waals surface area contributed by atoms with Gasteiger partial charge in [0, 0.05) is 31.4 Å². The molecule has 0 aromatic carbocycles. The predicted octanol–water partition coefficient (Wildman–Crippen LogP) is 2.94. The molecule has 0 aliphatic carbocycles. The second-order valence-electron chi connectivity index (χ2n) is 6.59. The summed E-state index contributed by atoms with van der Waals surface area (Å²) in [5.41, 5.74) is 2.09. The molecule has 2 aromatic rings. The Morgan fingerprint density at radius 3 is 2.60 bits per heavy atom. The first-order valence-electron chi connectivity index (χ1n) is 9.03. The molecule has 3 rings (SSSR count). The summed E-state index contributed by atoms with van der Waals surface area (Å²) >= 11 is 0. The van der Waals surface area contributed by atoms with Gasteiger partial charge in [-0.2, -0.15) is 5.10 Å². The van der Waals surface area contributed by atoms with Gasteiger partial charge in [0.15, 0.2) is 0 Å². The molecule has 0 saturated carbocycles. The highest BCUT2D eigenvalue weighted by Gasteiger charge is 2.18. The molecule has 0 atom stereocenters. The lowest BCUT2D eigenvalue weighted by molar-refractivity contribution is 0.102. The van der Waals surface area contributed by atoms with E-state index in [2.05, 4.69) is 32.2 Å². The van der Waals surface area contributed by atoms with Crippen molar-refractivity contribution < 1.29 is 4.79 Å². The van der Waals surface area contributed by atoms with Crippen LogP contribution in [-0.4, -0.2) is 38.7 Å². The number of aromatic nitrogens is 4. The van der Waals surface area contributed by atoms with Gasteiger partial charge in [-0.3, -0.25) is 4.79 Å². The van der Waals surface area contributed by atoms with Crippen LogP contribution in [-0.2, 0) is 6.54 Å². The zero-order valence-electron chi connectivity index (χ0n) is 15.2. The van der Waals surface area contributed by atoms with Crippen molar-refractivity contribution in [3.63, 3.8) is 0 Å². The maximum Gasteiger partial charge on any atom is 0.275 e. The first kappa shape index (κ1) is 17.4. The first-order chi connectivity index (χ1) is 12.1. The molecule has 134 valence electrons. The monoisotopic (exact) mass is 342 g/mol. The van der Waals surface area contributed by atoms with Crippen LogP contribution in [0.3, 0.4) is 0 Å². The second kappa shape index (κ2) is 7.63. The minimum atomic E-state index is -0.221. The number of nitrogens with one attached hydrogen (secondary N) is 1. The SMILES string of the molecule is CCCn1nc(C)cc1NC(=O)c1cc(C)nc(N2CCCCC2)n1. The molecule has 3 heterocycles. The number of hydrogen-bond acceptors (Lipinski definition) is 5. The Morgan fingerprint density at radius 2 is 1.88 bits per heavy atom. The minimum absolute atomic E-state index is 0.221. The van der Waals surface area contributed by atoms with E-state index in [9.17, 15) is 4.79 Å². The number of nitrogens with zero attached hydrogens (tertiary/aromatic N) is 5. The van der Waals surface area contributed by atoms with Crippen molar-refractivity contribution >= 4 is 17.7 Å². The Bertz CT molecular complexity index is 748. The van der Waals surface area contributed by atoms with Gasteiger partial charge in [-0.15, -0.1) is 0 Å². The molecule has 1 aliphatic heterocycles. The van der Waals surface area contributed by atoms with Crippen LogP contribution in [0.15, 0.2) is 12.1 Å². The number of carbonyl (C=O) groups is 1. The highest BCUT2D eigenvalue weighted by atomic mass is 16.2. The molecular formula is C18H26N6O. The summed E-state index contributed by atoms with van der Waals surface area (Å²) in [5.74, 6) is 1.14. The van der Waals surface area contributed by atoms with Gasteiger partial charge in [0.1, 0.15) is 11.5 Å². The molecule has 0 bridgehead atoms. The molecule has 2 aromatic heterocycles. The molecule has 1 amide bonds. The molecule has 0 spiro atoms. The van der Waals surface area contributed by atoms with E-state index in [1.165, 1.54) is 6.42 Å². The third kappa shape index (κ3) is 4.15. The number of anilines is 2. The standard InChI is InChI=1S/C18H26N6O/c1-4-8-24-16(12-14(3)22-24)21-17(25)15-11-13(2)19-18(20-15)23-9-6-5-7-10-23/h11-12H,4-10H2,1-3H3,(H,21,25). The molecule has 1 N–H and O–H groups in total. The zero-order valence-corrected chi connectivity index (χ0v) is 15.2. The van der Waals surface area contributed by atoms with E-state index in [-0.39, 0.29) is 5.91 Å². The quantitative estimate of drug-likeness (QED) is 0.904. The summed E-state index contributed by atoms with van der Waals surface area (Å²) in [5, 5.41) is 7.36. The molecular weight excluding hydrogens is 316 g/mol. The second-order valence-corrected chi connectivity index (χ2v) is 6.59. The molecule has 1 aliphatic rings. The average molecular weight is 342 g/mol. The molecule has 1 saturated heterocycles. The molecule has 25 heavy (non-hydrogen) atoms. The van der Waals surface area contributed by atoms with Crippen molar-refractivity contribution in [3.05, 3.63) is 29.2 Å². The van der Waals surface area contributed by atoms with Crippen LogP contribution in [0.4, 0.5) is 11.8 Å². The van der Waals surface area contributed by atoms with Crippen LogP contribution in [0.1, 0.15) is 54.5 Å². The number of carbonyl (C=O) groups excluding carboxylic acids is 1. The maximum atomic E-state index is 12.7. The van der Waals surface area contributed by atoms with Crippen LogP contribution in [0, 0.1) is 13.8 Å². The van der Waals surface area contributed by atoms with Gasteiger partial charge in [-0.05, 0) is 45.6 Å². The van der Waals surface area contributed by atoms with Crippen molar-refractivity contribution in [2.75, 3.05) is 23.3 Å². The topological polar surface area (TPSA) is 75.9 Å². The van der Waals surface area contributed by atoms with Crippen molar-refractivity contribution in [2.24, 2.45) is 0 Å². The van der Waals surface area contributed by atoms with Gasteiger partial charge in [0.2, 0.25) is 5.95 Å². The van der Waals surface area contributed by atoms with E-state index in [0.717, 1.165) is 50.3 Å². The zero-order chi connectivity index (χ0) is 17.8. The van der Waals surface area contributed by atoms with E-state index in [4.69, 9.17) is 0 Å². The van der Waals surface area contributed by atoms with E-state index < -0.39 is 0 Å².